The fourth-order valence-electron chi connectivity index (χ4n) is 1.72. The largest absolute Gasteiger partial charge is 0.325 e. The van der Waals surface area contributed by atoms with E-state index in [1.807, 2.05) is 10.9 Å². The predicted octanol–water partition coefficient (Wildman–Crippen LogP) is -0.0829. The normalized spacial score (nSPS) is 28.2. The average Bonchev–Trinajstić information content (AvgIpc) is 2.71. The van der Waals surface area contributed by atoms with Crippen LogP contribution in [0.15, 0.2) is 12.4 Å². The molecule has 4 nitrogen and oxygen atoms in total. The lowest BCUT2D eigenvalue weighted by Gasteiger charge is -2.14. The Labute approximate surface area is 78.1 Å². The number of hydrogen-bond donors (Lipinski definition) is 2. The maximum Gasteiger partial charge on any atom is 0.0806 e. The van der Waals surface area contributed by atoms with Gasteiger partial charge in [0.05, 0.1) is 12.2 Å². The molecule has 4 heteroatoms. The number of nitrogens with zero attached hydrogens (tertiary/aromatic N) is 2. The third-order valence-electron chi connectivity index (χ3n) is 2.63. The lowest BCUT2D eigenvalue weighted by Crippen LogP contribution is -2.31. The molecule has 0 aliphatic carbocycles. The molecule has 1 aliphatic heterocycles. The summed E-state index contributed by atoms with van der Waals surface area (Å²) in [6, 6.07) is 0.532. The van der Waals surface area contributed by atoms with Crippen molar-refractivity contribution in [3.05, 3.63) is 18.0 Å². The van der Waals surface area contributed by atoms with Gasteiger partial charge in [0.1, 0.15) is 0 Å². The highest BCUT2D eigenvalue weighted by Crippen LogP contribution is 2.13. The molecule has 2 unspecified atom stereocenters. The van der Waals surface area contributed by atoms with Crippen LogP contribution in [-0.4, -0.2) is 28.9 Å². The standard InChI is InChI=1S/C9H16N4/c1-2-7-3-12-13(6-7)9-5-11-4-8(9)10/h3,6,8-9,11H,2,4-5,10H2,1H3. The third-order valence-corrected chi connectivity index (χ3v) is 2.63. The molecule has 1 saturated heterocycles. The van der Waals surface area contributed by atoms with Gasteiger partial charge >= 0.3 is 0 Å². The summed E-state index contributed by atoms with van der Waals surface area (Å²) in [4.78, 5) is 0. The molecular formula is C9H16N4. The van der Waals surface area contributed by atoms with Crippen LogP contribution in [-0.2, 0) is 6.42 Å². The third kappa shape index (κ3) is 1.59. The zero-order valence-electron chi connectivity index (χ0n) is 7.90. The van der Waals surface area contributed by atoms with E-state index in [0.717, 1.165) is 19.5 Å². The molecule has 2 atom stereocenters. The molecule has 1 fully saturated rings. The smallest absolute Gasteiger partial charge is 0.0806 e. The average molecular weight is 180 g/mol. The SMILES string of the molecule is CCc1cnn(C2CNCC2N)c1. The molecule has 0 radical (unpaired) electrons. The van der Waals surface area contributed by atoms with Crippen LogP contribution in [0.5, 0.6) is 0 Å². The minimum absolute atomic E-state index is 0.199. The van der Waals surface area contributed by atoms with Crippen molar-refractivity contribution < 1.29 is 0 Å². The van der Waals surface area contributed by atoms with Crippen LogP contribution in [0.4, 0.5) is 0 Å². The summed E-state index contributed by atoms with van der Waals surface area (Å²) in [6.07, 6.45) is 5.05. The molecule has 3 N–H and O–H groups in total. The monoisotopic (exact) mass is 180 g/mol. The second kappa shape index (κ2) is 3.47. The second-order valence-electron chi connectivity index (χ2n) is 3.57. The fourth-order valence-corrected chi connectivity index (χ4v) is 1.72. The van der Waals surface area contributed by atoms with E-state index >= 15 is 0 Å². The minimum atomic E-state index is 0.199. The molecule has 2 heterocycles. The van der Waals surface area contributed by atoms with E-state index in [0.29, 0.717) is 6.04 Å². The summed E-state index contributed by atoms with van der Waals surface area (Å²) >= 11 is 0. The number of nitrogens with two attached hydrogens (primary N) is 1. The number of hydrogen-bond acceptors (Lipinski definition) is 3. The summed E-state index contributed by atoms with van der Waals surface area (Å²) < 4.78 is 1.99. The van der Waals surface area contributed by atoms with Crippen molar-refractivity contribution in [2.75, 3.05) is 13.1 Å². The van der Waals surface area contributed by atoms with Gasteiger partial charge in [-0.1, -0.05) is 6.92 Å². The van der Waals surface area contributed by atoms with Gasteiger partial charge in [-0.2, -0.15) is 5.10 Å². The van der Waals surface area contributed by atoms with Crippen molar-refractivity contribution in [3.8, 4) is 0 Å². The highest BCUT2D eigenvalue weighted by molar-refractivity contribution is 5.05. The van der Waals surface area contributed by atoms with Crippen LogP contribution < -0.4 is 11.1 Å². The Morgan fingerprint density at radius 3 is 3.08 bits per heavy atom. The Morgan fingerprint density at radius 2 is 2.54 bits per heavy atom. The lowest BCUT2D eigenvalue weighted by molar-refractivity contribution is 0.446. The predicted molar refractivity (Wildman–Crippen MR) is 51.5 cm³/mol. The van der Waals surface area contributed by atoms with Gasteiger partial charge in [0, 0.05) is 25.3 Å². The molecule has 0 saturated carbocycles. The summed E-state index contributed by atoms with van der Waals surface area (Å²) in [5, 5.41) is 7.58. The number of aromatic nitrogens is 2. The zero-order valence-corrected chi connectivity index (χ0v) is 7.90. The summed E-state index contributed by atoms with van der Waals surface area (Å²) in [5.41, 5.74) is 7.22. The summed E-state index contributed by atoms with van der Waals surface area (Å²) in [5.74, 6) is 0. The van der Waals surface area contributed by atoms with Gasteiger partial charge in [-0.3, -0.25) is 4.68 Å². The van der Waals surface area contributed by atoms with Gasteiger partial charge in [0.2, 0.25) is 0 Å². The van der Waals surface area contributed by atoms with Crippen molar-refractivity contribution in [2.24, 2.45) is 5.73 Å². The molecule has 1 aliphatic rings. The lowest BCUT2D eigenvalue weighted by atomic mass is 10.2. The van der Waals surface area contributed by atoms with Crippen LogP contribution in [0.25, 0.3) is 0 Å². The Bertz CT molecular complexity index is 281. The highest BCUT2D eigenvalue weighted by Gasteiger charge is 2.25. The molecule has 2 rings (SSSR count). The molecule has 72 valence electrons. The van der Waals surface area contributed by atoms with Gasteiger partial charge in [-0.15, -0.1) is 0 Å². The van der Waals surface area contributed by atoms with E-state index in [4.69, 9.17) is 5.73 Å². The first-order chi connectivity index (χ1) is 6.31. The topological polar surface area (TPSA) is 55.9 Å². The molecule has 0 bridgehead atoms. The van der Waals surface area contributed by atoms with Gasteiger partial charge in [-0.05, 0) is 12.0 Å². The van der Waals surface area contributed by atoms with E-state index in [9.17, 15) is 0 Å². The Hall–Kier alpha value is -0.870. The van der Waals surface area contributed by atoms with Gasteiger partial charge in [0.25, 0.3) is 0 Å². The first kappa shape index (κ1) is 8.72. The van der Waals surface area contributed by atoms with E-state index in [-0.39, 0.29) is 6.04 Å². The first-order valence-corrected chi connectivity index (χ1v) is 4.80. The van der Waals surface area contributed by atoms with Gasteiger partial charge in [0.15, 0.2) is 0 Å². The van der Waals surface area contributed by atoms with Crippen LogP contribution in [0.3, 0.4) is 0 Å². The summed E-state index contributed by atoms with van der Waals surface area (Å²) in [6.45, 7) is 3.96. The van der Waals surface area contributed by atoms with Crippen LogP contribution in [0, 0.1) is 0 Å². The van der Waals surface area contributed by atoms with Crippen LogP contribution in [0.2, 0.25) is 0 Å². The summed E-state index contributed by atoms with van der Waals surface area (Å²) in [7, 11) is 0. The number of nitrogens with one attached hydrogen (secondary N) is 1. The second-order valence-corrected chi connectivity index (χ2v) is 3.57. The van der Waals surface area contributed by atoms with Crippen molar-refractivity contribution in [2.45, 2.75) is 25.4 Å². The zero-order chi connectivity index (χ0) is 9.26. The maximum atomic E-state index is 5.94. The van der Waals surface area contributed by atoms with Crippen molar-refractivity contribution in [3.63, 3.8) is 0 Å². The van der Waals surface area contributed by atoms with E-state index in [1.165, 1.54) is 5.56 Å². The molecule has 1 aromatic heterocycles. The van der Waals surface area contributed by atoms with Crippen molar-refractivity contribution in [1.82, 2.24) is 15.1 Å². The molecular weight excluding hydrogens is 164 g/mol. The van der Waals surface area contributed by atoms with Crippen LogP contribution in [0.1, 0.15) is 18.5 Å². The van der Waals surface area contributed by atoms with Crippen LogP contribution >= 0.6 is 0 Å². The maximum absolute atomic E-state index is 5.94. The highest BCUT2D eigenvalue weighted by atomic mass is 15.3. The molecule has 0 amide bonds. The van der Waals surface area contributed by atoms with Crippen molar-refractivity contribution >= 4 is 0 Å². The van der Waals surface area contributed by atoms with E-state index in [1.54, 1.807) is 0 Å². The van der Waals surface area contributed by atoms with Crippen molar-refractivity contribution in [1.29, 1.82) is 0 Å². The first-order valence-electron chi connectivity index (χ1n) is 4.80. The minimum Gasteiger partial charge on any atom is -0.325 e. The Balaban J connectivity index is 2.15. The molecule has 1 aromatic rings. The molecule has 0 spiro atoms. The number of aryl methyl sites for hydroxylation is 1. The number of rotatable bonds is 2. The Kier molecular flexibility index (Phi) is 2.33. The fraction of sp³-hybridized carbons (Fsp3) is 0.667. The quantitative estimate of drug-likeness (QED) is 0.669. The van der Waals surface area contributed by atoms with E-state index < -0.39 is 0 Å². The molecule has 0 aromatic carbocycles. The van der Waals surface area contributed by atoms with Gasteiger partial charge < -0.3 is 11.1 Å². The Morgan fingerprint density at radius 1 is 1.69 bits per heavy atom. The van der Waals surface area contributed by atoms with E-state index in [2.05, 4.69) is 23.5 Å². The molecule has 13 heavy (non-hydrogen) atoms. The van der Waals surface area contributed by atoms with Gasteiger partial charge in [-0.25, -0.2) is 0 Å².